The van der Waals surface area contributed by atoms with Gasteiger partial charge in [-0.25, -0.2) is 0 Å². The van der Waals surface area contributed by atoms with Crippen molar-refractivity contribution in [1.82, 2.24) is 0 Å². The van der Waals surface area contributed by atoms with Gasteiger partial charge < -0.3 is 10.2 Å². The number of aliphatic carboxylic acids is 1. The van der Waals surface area contributed by atoms with E-state index in [0.717, 1.165) is 0 Å². The van der Waals surface area contributed by atoms with Crippen molar-refractivity contribution in [3.8, 4) is 0 Å². The molecule has 0 saturated carbocycles. The van der Waals surface area contributed by atoms with Gasteiger partial charge >= 0.3 is 5.97 Å². The molecule has 0 saturated heterocycles. The smallest absolute Gasteiger partial charge is 0.307 e. The Morgan fingerprint density at radius 2 is 2.00 bits per heavy atom. The Morgan fingerprint density at radius 3 is 2.25 bits per heavy atom. The second-order valence-corrected chi connectivity index (χ2v) is 3.99. The largest absolute Gasteiger partial charge is 0.481 e. The number of aliphatic hydroxyl groups is 1. The van der Waals surface area contributed by atoms with Crippen LogP contribution in [0.2, 0.25) is 0 Å². The lowest BCUT2D eigenvalue weighted by Crippen LogP contribution is -2.28. The molecule has 0 bridgehead atoms. The summed E-state index contributed by atoms with van der Waals surface area (Å²) in [4.78, 5) is 10.7. The number of hydrogen-bond donors (Lipinski definition) is 3. The van der Waals surface area contributed by atoms with Crippen molar-refractivity contribution < 1.29 is 15.0 Å². The van der Waals surface area contributed by atoms with Crippen molar-refractivity contribution >= 4 is 18.6 Å². The van der Waals surface area contributed by atoms with Crippen LogP contribution in [0.15, 0.2) is 0 Å². The molecule has 0 unspecified atom stereocenters. The van der Waals surface area contributed by atoms with E-state index in [1.807, 2.05) is 13.8 Å². The molecule has 0 heterocycles. The molecule has 3 nitrogen and oxygen atoms in total. The summed E-state index contributed by atoms with van der Waals surface area (Å²) >= 11 is 4.01. The number of carboxylic acids is 1. The van der Waals surface area contributed by atoms with E-state index in [0.29, 0.717) is 12.3 Å². The van der Waals surface area contributed by atoms with Crippen LogP contribution >= 0.6 is 12.6 Å². The van der Waals surface area contributed by atoms with Crippen molar-refractivity contribution in [3.05, 3.63) is 0 Å². The molecule has 0 aliphatic heterocycles. The maximum atomic E-state index is 10.7. The van der Waals surface area contributed by atoms with Crippen LogP contribution in [-0.4, -0.2) is 28.0 Å². The number of hydrogen-bond acceptors (Lipinski definition) is 3. The van der Waals surface area contributed by atoms with Gasteiger partial charge in [-0.1, -0.05) is 13.8 Å². The molecule has 0 aromatic carbocycles. The van der Waals surface area contributed by atoms with Crippen molar-refractivity contribution in [2.24, 2.45) is 11.8 Å². The molecule has 0 aromatic heterocycles. The predicted molar refractivity (Wildman–Crippen MR) is 50.4 cm³/mol. The van der Waals surface area contributed by atoms with E-state index in [1.165, 1.54) is 0 Å². The highest BCUT2D eigenvalue weighted by molar-refractivity contribution is 7.81. The van der Waals surface area contributed by atoms with Gasteiger partial charge in [0.15, 0.2) is 0 Å². The fourth-order valence-corrected chi connectivity index (χ4v) is 1.31. The lowest BCUT2D eigenvalue weighted by atomic mass is 9.94. The van der Waals surface area contributed by atoms with Crippen LogP contribution in [0, 0.1) is 11.8 Å². The summed E-state index contributed by atoms with van der Waals surface area (Å²) in [5, 5.41) is 17.0. The molecule has 72 valence electrons. The Labute approximate surface area is 78.2 Å². The van der Waals surface area contributed by atoms with Crippen molar-refractivity contribution in [1.29, 1.82) is 0 Å². The molecule has 0 radical (unpaired) electrons. The van der Waals surface area contributed by atoms with E-state index in [4.69, 9.17) is 10.2 Å². The molecule has 0 amide bonds. The van der Waals surface area contributed by atoms with E-state index in [2.05, 4.69) is 12.6 Å². The first-order chi connectivity index (χ1) is 5.49. The average Bonchev–Trinajstić information content (AvgIpc) is 1.98. The van der Waals surface area contributed by atoms with Crippen LogP contribution in [0.3, 0.4) is 0 Å². The summed E-state index contributed by atoms with van der Waals surface area (Å²) in [5.41, 5.74) is 0. The minimum Gasteiger partial charge on any atom is -0.481 e. The Balaban J connectivity index is 4.13. The molecular weight excluding hydrogens is 176 g/mol. The molecule has 0 rings (SSSR count). The third kappa shape index (κ3) is 3.97. The molecule has 12 heavy (non-hydrogen) atoms. The highest BCUT2D eigenvalue weighted by Crippen LogP contribution is 2.19. The minimum atomic E-state index is -0.877. The molecule has 0 spiro atoms. The van der Waals surface area contributed by atoms with E-state index < -0.39 is 17.1 Å². The maximum absolute atomic E-state index is 10.7. The Bertz CT molecular complexity index is 147. The average molecular weight is 192 g/mol. The van der Waals surface area contributed by atoms with Gasteiger partial charge in [0, 0.05) is 5.25 Å². The molecule has 2 atom stereocenters. The van der Waals surface area contributed by atoms with Crippen LogP contribution in [0.1, 0.15) is 20.3 Å². The topological polar surface area (TPSA) is 57.5 Å². The van der Waals surface area contributed by atoms with Gasteiger partial charge in [0.05, 0.1) is 12.5 Å². The summed E-state index contributed by atoms with van der Waals surface area (Å²) in [6.07, 6.45) is 0.560. The summed E-state index contributed by atoms with van der Waals surface area (Å²) in [7, 11) is 0. The SMILES string of the molecule is CC(C)C[C@H](C(=O)O)[C@@H](S)CO. The molecule has 2 N–H and O–H groups in total. The second-order valence-electron chi connectivity index (χ2n) is 3.32. The quantitative estimate of drug-likeness (QED) is 0.570. The van der Waals surface area contributed by atoms with Crippen LogP contribution in [0.4, 0.5) is 0 Å². The van der Waals surface area contributed by atoms with Gasteiger partial charge in [0.1, 0.15) is 0 Å². The third-order valence-corrected chi connectivity index (χ3v) is 2.22. The zero-order valence-corrected chi connectivity index (χ0v) is 8.29. The van der Waals surface area contributed by atoms with Crippen LogP contribution in [0.5, 0.6) is 0 Å². The number of carbonyl (C=O) groups is 1. The van der Waals surface area contributed by atoms with Gasteiger partial charge in [-0.3, -0.25) is 4.79 Å². The molecule has 0 aliphatic carbocycles. The monoisotopic (exact) mass is 192 g/mol. The normalized spacial score (nSPS) is 16.1. The van der Waals surface area contributed by atoms with Crippen LogP contribution in [0.25, 0.3) is 0 Å². The maximum Gasteiger partial charge on any atom is 0.307 e. The van der Waals surface area contributed by atoms with Crippen LogP contribution in [-0.2, 0) is 4.79 Å². The minimum absolute atomic E-state index is 0.188. The lowest BCUT2D eigenvalue weighted by Gasteiger charge is -2.18. The van der Waals surface area contributed by atoms with E-state index in [1.54, 1.807) is 0 Å². The zero-order valence-electron chi connectivity index (χ0n) is 7.40. The first-order valence-corrected chi connectivity index (χ1v) is 4.52. The highest BCUT2D eigenvalue weighted by Gasteiger charge is 2.25. The van der Waals surface area contributed by atoms with Gasteiger partial charge in [0.25, 0.3) is 0 Å². The van der Waals surface area contributed by atoms with Gasteiger partial charge in [0.2, 0.25) is 0 Å². The van der Waals surface area contributed by atoms with Crippen molar-refractivity contribution in [2.75, 3.05) is 6.61 Å². The predicted octanol–water partition coefficient (Wildman–Crippen LogP) is 1.02. The number of carboxylic acid groups (broad SMARTS) is 1. The Kier molecular flexibility index (Phi) is 5.33. The summed E-state index contributed by atoms with van der Waals surface area (Å²) in [6.45, 7) is 3.72. The number of aliphatic hydroxyl groups excluding tert-OH is 1. The zero-order chi connectivity index (χ0) is 9.72. The first kappa shape index (κ1) is 11.8. The molecule has 0 aliphatic rings. The molecule has 0 fully saturated rings. The highest BCUT2D eigenvalue weighted by atomic mass is 32.1. The van der Waals surface area contributed by atoms with Crippen LogP contribution < -0.4 is 0 Å². The lowest BCUT2D eigenvalue weighted by molar-refractivity contribution is -0.142. The fourth-order valence-electron chi connectivity index (χ4n) is 1.06. The Hall–Kier alpha value is -0.220. The summed E-state index contributed by atoms with van der Waals surface area (Å²) in [6, 6.07) is 0. The third-order valence-electron chi connectivity index (χ3n) is 1.69. The van der Waals surface area contributed by atoms with Gasteiger partial charge in [-0.05, 0) is 12.3 Å². The Morgan fingerprint density at radius 1 is 1.50 bits per heavy atom. The first-order valence-electron chi connectivity index (χ1n) is 4.00. The van der Waals surface area contributed by atoms with Gasteiger partial charge in [-0.2, -0.15) is 12.6 Å². The van der Waals surface area contributed by atoms with Gasteiger partial charge in [-0.15, -0.1) is 0 Å². The van der Waals surface area contributed by atoms with Crippen molar-refractivity contribution in [3.63, 3.8) is 0 Å². The second kappa shape index (κ2) is 5.43. The summed E-state index contributed by atoms with van der Waals surface area (Å²) in [5.74, 6) is -1.11. The summed E-state index contributed by atoms with van der Waals surface area (Å²) < 4.78 is 0. The number of thiol groups is 1. The fraction of sp³-hybridized carbons (Fsp3) is 0.875. The molecule has 4 heteroatoms. The standard InChI is InChI=1S/C8H16O3S/c1-5(2)3-6(8(10)11)7(12)4-9/h5-7,9,12H,3-4H2,1-2H3,(H,10,11)/t6-,7-/m0/s1. The van der Waals surface area contributed by atoms with E-state index in [-0.39, 0.29) is 6.61 Å². The molecular formula is C8H16O3S. The van der Waals surface area contributed by atoms with E-state index >= 15 is 0 Å². The van der Waals surface area contributed by atoms with E-state index in [9.17, 15) is 4.79 Å². The molecule has 0 aromatic rings. The van der Waals surface area contributed by atoms with Crippen molar-refractivity contribution in [2.45, 2.75) is 25.5 Å². The number of rotatable bonds is 5.